The van der Waals surface area contributed by atoms with Crippen LogP contribution in [0.1, 0.15) is 126 Å². The summed E-state index contributed by atoms with van der Waals surface area (Å²) in [4.78, 5) is 29.5. The minimum absolute atomic E-state index is 0.0109. The molecule has 8 aliphatic rings. The van der Waals surface area contributed by atoms with Gasteiger partial charge in [-0.15, -0.1) is 0 Å². The van der Waals surface area contributed by atoms with Crippen molar-refractivity contribution in [2.45, 2.75) is 156 Å². The summed E-state index contributed by atoms with van der Waals surface area (Å²) in [6, 6.07) is 0. The first-order valence-corrected chi connectivity index (χ1v) is 20.4. The van der Waals surface area contributed by atoms with Gasteiger partial charge in [-0.3, -0.25) is 4.79 Å². The van der Waals surface area contributed by atoms with E-state index in [4.69, 9.17) is 18.9 Å². The Kier molecular flexibility index (Phi) is 8.75. The van der Waals surface area contributed by atoms with Gasteiger partial charge in [-0.25, -0.2) is 4.79 Å². The van der Waals surface area contributed by atoms with Gasteiger partial charge in [0.2, 0.25) is 5.91 Å². The molecule has 0 aromatic heterocycles. The van der Waals surface area contributed by atoms with Crippen molar-refractivity contribution >= 4 is 12.0 Å². The lowest BCUT2D eigenvalue weighted by Gasteiger charge is -2.60. The summed E-state index contributed by atoms with van der Waals surface area (Å²) in [5, 5.41) is 0. The van der Waals surface area contributed by atoms with Crippen LogP contribution < -0.4 is 0 Å². The Morgan fingerprint density at radius 1 is 0.857 bits per heavy atom. The Balaban J connectivity index is 0.936. The molecule has 6 unspecified atom stereocenters. The van der Waals surface area contributed by atoms with Crippen molar-refractivity contribution in [1.29, 1.82) is 0 Å². The molecule has 3 saturated heterocycles. The first-order valence-electron chi connectivity index (χ1n) is 20.4. The van der Waals surface area contributed by atoms with Gasteiger partial charge >= 0.3 is 6.09 Å². The van der Waals surface area contributed by atoms with Crippen LogP contribution in [0.2, 0.25) is 0 Å². The lowest BCUT2D eigenvalue weighted by atomic mass is 9.46. The van der Waals surface area contributed by atoms with E-state index in [9.17, 15) is 9.59 Å². The molecule has 8 heteroatoms. The minimum Gasteiger partial charge on any atom is -0.443 e. The maximum atomic E-state index is 12.9. The van der Waals surface area contributed by atoms with Crippen LogP contribution in [-0.4, -0.2) is 85.3 Å². The Morgan fingerprint density at radius 2 is 1.63 bits per heavy atom. The highest BCUT2D eigenvalue weighted by atomic mass is 16.7. The van der Waals surface area contributed by atoms with Gasteiger partial charge in [0.25, 0.3) is 0 Å². The van der Waals surface area contributed by atoms with Crippen LogP contribution in [0.25, 0.3) is 0 Å². The fraction of sp³-hybridized carbons (Fsp3) is 0.951. The molecule has 49 heavy (non-hydrogen) atoms. The van der Waals surface area contributed by atoms with Crippen LogP contribution in [0.15, 0.2) is 0 Å². The molecular formula is C41H66N2O6. The average molecular weight is 683 g/mol. The van der Waals surface area contributed by atoms with E-state index in [0.29, 0.717) is 66.2 Å². The van der Waals surface area contributed by atoms with E-state index in [2.05, 4.69) is 48.5 Å². The smallest absolute Gasteiger partial charge is 0.410 e. The van der Waals surface area contributed by atoms with E-state index in [1.807, 2.05) is 9.80 Å². The van der Waals surface area contributed by atoms with Crippen LogP contribution >= 0.6 is 0 Å². The van der Waals surface area contributed by atoms with Gasteiger partial charge in [-0.2, -0.15) is 0 Å². The normalized spacial score (nSPS) is 45.7. The van der Waals surface area contributed by atoms with Crippen LogP contribution in [0, 0.1) is 57.2 Å². The summed E-state index contributed by atoms with van der Waals surface area (Å²) in [5.74, 6) is 3.68. The molecule has 2 spiro atoms. The Bertz CT molecular complexity index is 1280. The molecule has 276 valence electrons. The van der Waals surface area contributed by atoms with Gasteiger partial charge in [0, 0.05) is 26.1 Å². The van der Waals surface area contributed by atoms with Crippen molar-refractivity contribution in [1.82, 2.24) is 9.80 Å². The summed E-state index contributed by atoms with van der Waals surface area (Å²) < 4.78 is 26.2. The van der Waals surface area contributed by atoms with Crippen LogP contribution in [0.5, 0.6) is 0 Å². The first kappa shape index (κ1) is 34.7. The average Bonchev–Trinajstić information content (AvgIpc) is 3.60. The van der Waals surface area contributed by atoms with Crippen molar-refractivity contribution in [3.63, 3.8) is 0 Å². The van der Waals surface area contributed by atoms with Crippen molar-refractivity contribution < 1.29 is 28.5 Å². The topological polar surface area (TPSA) is 77.5 Å². The molecule has 3 heterocycles. The maximum Gasteiger partial charge on any atom is 0.410 e. The molecule has 0 bridgehead atoms. The first-order chi connectivity index (χ1) is 23.3. The fourth-order valence-electron chi connectivity index (χ4n) is 13.7. The van der Waals surface area contributed by atoms with Crippen LogP contribution in [0.3, 0.4) is 0 Å². The molecule has 0 radical (unpaired) electrons. The van der Waals surface area contributed by atoms with Crippen molar-refractivity contribution in [2.75, 3.05) is 32.8 Å². The van der Waals surface area contributed by atoms with Gasteiger partial charge in [-0.1, -0.05) is 48.5 Å². The van der Waals surface area contributed by atoms with Crippen LogP contribution in [-0.2, 0) is 23.7 Å². The molecule has 3 aliphatic heterocycles. The quantitative estimate of drug-likeness (QED) is 0.274. The zero-order valence-electron chi connectivity index (χ0n) is 31.7. The second-order valence-electron chi connectivity index (χ2n) is 19.6. The summed E-state index contributed by atoms with van der Waals surface area (Å²) >= 11 is 0. The number of carbonyl (C=O) groups is 2. The predicted octanol–water partition coefficient (Wildman–Crippen LogP) is 7.68. The fourth-order valence-corrected chi connectivity index (χ4v) is 13.7. The standard InChI is InChI=1S/C41H66N2O6/c1-25(2)21-34(44)43-19-20-46-35(23-43)48-33-13-14-41-24-40(41)16-15-39(7)28-9-11-30(36(26(3)4)49-37(45)42-17-8-18-42)47-31(28)22-29(39)27(40)10-12-32(41)38(33,5)6/h25-33,35-36H,8-24H2,1-7H3/t27?,28-,29?,30+,31+,32-,33-,35?,36+,39?,40?,41?/m0/s1. The highest BCUT2D eigenvalue weighted by Crippen LogP contribution is 2.87. The molecule has 8 rings (SSSR count). The number of rotatable bonds is 7. The number of amides is 2. The molecular weight excluding hydrogens is 616 g/mol. The highest BCUT2D eigenvalue weighted by Gasteiger charge is 2.80. The molecule has 5 aliphatic carbocycles. The molecule has 8 fully saturated rings. The van der Waals surface area contributed by atoms with E-state index in [1.54, 1.807) is 0 Å². The predicted molar refractivity (Wildman–Crippen MR) is 187 cm³/mol. The largest absolute Gasteiger partial charge is 0.443 e. The Morgan fingerprint density at radius 3 is 2.35 bits per heavy atom. The third-order valence-electron chi connectivity index (χ3n) is 16.2. The van der Waals surface area contributed by atoms with E-state index >= 15 is 0 Å². The lowest BCUT2D eigenvalue weighted by molar-refractivity contribution is -0.244. The number of likely N-dealkylation sites (tertiary alicyclic amines) is 1. The van der Waals surface area contributed by atoms with E-state index in [0.717, 1.165) is 44.2 Å². The molecule has 8 nitrogen and oxygen atoms in total. The van der Waals surface area contributed by atoms with Gasteiger partial charge in [0.1, 0.15) is 6.10 Å². The maximum absolute atomic E-state index is 12.9. The zero-order chi connectivity index (χ0) is 34.5. The molecule has 2 amide bonds. The van der Waals surface area contributed by atoms with E-state index in [1.165, 1.54) is 51.4 Å². The van der Waals surface area contributed by atoms with Crippen molar-refractivity contribution in [2.24, 2.45) is 57.2 Å². The lowest BCUT2D eigenvalue weighted by Crippen LogP contribution is -2.56. The Labute approximate surface area is 296 Å². The second kappa shape index (κ2) is 12.4. The van der Waals surface area contributed by atoms with Crippen LogP contribution in [0.4, 0.5) is 4.79 Å². The third-order valence-corrected chi connectivity index (χ3v) is 16.2. The monoisotopic (exact) mass is 682 g/mol. The molecule has 0 N–H and O–H groups in total. The summed E-state index contributed by atoms with van der Waals surface area (Å²) in [5.41, 5.74) is 1.39. The van der Waals surface area contributed by atoms with E-state index in [-0.39, 0.29) is 47.9 Å². The van der Waals surface area contributed by atoms with Crippen molar-refractivity contribution in [3.05, 3.63) is 0 Å². The number of ether oxygens (including phenoxy) is 4. The second-order valence-corrected chi connectivity index (χ2v) is 19.6. The van der Waals surface area contributed by atoms with Crippen molar-refractivity contribution in [3.8, 4) is 0 Å². The molecule has 5 saturated carbocycles. The van der Waals surface area contributed by atoms with Gasteiger partial charge in [0.15, 0.2) is 6.29 Å². The number of hydrogen-bond donors (Lipinski definition) is 0. The number of carbonyl (C=O) groups excluding carboxylic acids is 2. The number of nitrogens with zero attached hydrogens (tertiary/aromatic N) is 2. The molecule has 12 atom stereocenters. The summed E-state index contributed by atoms with van der Waals surface area (Å²) in [6.45, 7) is 19.7. The van der Waals surface area contributed by atoms with Gasteiger partial charge < -0.3 is 28.7 Å². The SMILES string of the molecule is CC(C)CC(=O)N1CCOC(O[C@H]2CCC34CC35CCC3(C)C(C[C@H]6O[C@@H]([C@H](OC(=O)N7CCC7)C(C)C)CC[C@@H]63)C5CC[C@H]4C2(C)C)C1. The number of morpholine rings is 1. The summed E-state index contributed by atoms with van der Waals surface area (Å²) in [7, 11) is 0. The molecule has 0 aromatic rings. The summed E-state index contributed by atoms with van der Waals surface area (Å²) in [6.07, 6.45) is 14.1. The van der Waals surface area contributed by atoms with E-state index < -0.39 is 0 Å². The zero-order valence-corrected chi connectivity index (χ0v) is 31.7. The van der Waals surface area contributed by atoms with Gasteiger partial charge in [-0.05, 0) is 128 Å². The van der Waals surface area contributed by atoms with Gasteiger partial charge in [0.05, 0.1) is 31.5 Å². The highest BCUT2D eigenvalue weighted by molar-refractivity contribution is 5.76. The number of fused-ring (bicyclic) bond motifs is 4. The molecule has 0 aromatic carbocycles. The number of hydrogen-bond acceptors (Lipinski definition) is 6. The minimum atomic E-state index is -0.316. The Hall–Kier alpha value is -1.38. The third kappa shape index (κ3) is 5.44.